The van der Waals surface area contributed by atoms with E-state index in [9.17, 15) is 18.0 Å². The Morgan fingerprint density at radius 3 is 2.60 bits per heavy atom. The van der Waals surface area contributed by atoms with E-state index in [2.05, 4.69) is 10.3 Å². The van der Waals surface area contributed by atoms with Crippen LogP contribution >= 0.6 is 0 Å². The number of carbonyl (C=O) groups is 2. The summed E-state index contributed by atoms with van der Waals surface area (Å²) in [4.78, 5) is 31.3. The third-order valence-electron chi connectivity index (χ3n) is 6.49. The molecule has 6 N–H and O–H groups in total. The van der Waals surface area contributed by atoms with Crippen molar-refractivity contribution in [2.24, 2.45) is 5.73 Å². The van der Waals surface area contributed by atoms with Crippen LogP contribution in [0, 0.1) is 12.3 Å². The molecule has 1 aromatic heterocycles. The number of hydrogen-bond donors (Lipinski definition) is 4. The quantitative estimate of drug-likeness (QED) is 0.238. The number of fused-ring (bicyclic) bond motifs is 1. The number of rotatable bonds is 8. The van der Waals surface area contributed by atoms with Crippen LogP contribution in [-0.2, 0) is 21.2 Å². The van der Waals surface area contributed by atoms with Crippen LogP contribution in [0.3, 0.4) is 0 Å². The Morgan fingerprint density at radius 1 is 1.15 bits per heavy atom. The van der Waals surface area contributed by atoms with E-state index in [0.29, 0.717) is 42.4 Å². The fraction of sp³-hybridized carbons (Fsp3) is 0.214. The van der Waals surface area contributed by atoms with Gasteiger partial charge in [0.1, 0.15) is 18.2 Å². The van der Waals surface area contributed by atoms with Crippen molar-refractivity contribution in [1.29, 1.82) is 5.41 Å². The fourth-order valence-electron chi connectivity index (χ4n) is 4.27. The molecule has 40 heavy (non-hydrogen) atoms. The van der Waals surface area contributed by atoms with Gasteiger partial charge in [0, 0.05) is 48.4 Å². The zero-order valence-corrected chi connectivity index (χ0v) is 22.7. The zero-order valence-electron chi connectivity index (χ0n) is 21.9. The van der Waals surface area contributed by atoms with Crippen molar-refractivity contribution in [3.63, 3.8) is 0 Å². The number of ether oxygens (including phenoxy) is 1. The minimum Gasteiger partial charge on any atom is -0.491 e. The van der Waals surface area contributed by atoms with Crippen LogP contribution in [0.5, 0.6) is 5.75 Å². The third kappa shape index (κ3) is 6.29. The minimum atomic E-state index is -3.74. The van der Waals surface area contributed by atoms with Gasteiger partial charge in [-0.1, -0.05) is 6.07 Å². The van der Waals surface area contributed by atoms with E-state index in [1.54, 1.807) is 24.1 Å². The number of aryl methyl sites for hydroxylation is 1. The highest BCUT2D eigenvalue weighted by Gasteiger charge is 2.24. The van der Waals surface area contributed by atoms with Gasteiger partial charge < -0.3 is 31.8 Å². The van der Waals surface area contributed by atoms with E-state index >= 15 is 0 Å². The molecule has 0 fully saturated rings. The van der Waals surface area contributed by atoms with Crippen LogP contribution in [0.1, 0.15) is 21.5 Å². The lowest BCUT2D eigenvalue weighted by Gasteiger charge is -2.21. The van der Waals surface area contributed by atoms with Crippen molar-refractivity contribution in [1.82, 2.24) is 15.2 Å². The monoisotopic (exact) mass is 562 g/mol. The Morgan fingerprint density at radius 2 is 1.93 bits per heavy atom. The standard InChI is InChI=1S/C28H30N6O5S/c1-18-12-23(40(37,38)11-8-32-27(35)22(14-29)15-30)4-5-24(18)28(36)34-9-10-39-25-6-2-19(13-21(25)17-34)20-3-7-26(31)33-16-20/h2-7,12-16,29H,8-11,17,30H2,1H3,(H2,31,33)(H,32,35)/b22-15+,29-14?. The molecule has 0 spiro atoms. The van der Waals surface area contributed by atoms with Gasteiger partial charge in [-0.25, -0.2) is 13.4 Å². The van der Waals surface area contributed by atoms with E-state index in [0.717, 1.165) is 29.1 Å². The Hall–Kier alpha value is -4.71. The molecule has 2 amide bonds. The molecular weight excluding hydrogens is 532 g/mol. The van der Waals surface area contributed by atoms with Gasteiger partial charge in [-0.3, -0.25) is 9.59 Å². The molecule has 0 bridgehead atoms. The summed E-state index contributed by atoms with van der Waals surface area (Å²) in [6.45, 7) is 2.52. The van der Waals surface area contributed by atoms with Gasteiger partial charge >= 0.3 is 0 Å². The molecule has 4 rings (SSSR count). The summed E-state index contributed by atoms with van der Waals surface area (Å²) in [5.74, 6) is -0.102. The Labute approximate surface area is 232 Å². The summed E-state index contributed by atoms with van der Waals surface area (Å²) in [5, 5.41) is 9.57. The second kappa shape index (κ2) is 12.0. The predicted octanol–water partition coefficient (Wildman–Crippen LogP) is 2.06. The van der Waals surface area contributed by atoms with Crippen LogP contribution in [0.2, 0.25) is 0 Å². The number of nitrogen functional groups attached to an aromatic ring is 1. The molecule has 3 aromatic rings. The second-order valence-electron chi connectivity index (χ2n) is 9.19. The molecule has 0 unspecified atom stereocenters. The number of hydrogen-bond acceptors (Lipinski definition) is 9. The second-order valence-corrected chi connectivity index (χ2v) is 11.3. The lowest BCUT2D eigenvalue weighted by atomic mass is 10.0. The summed E-state index contributed by atoms with van der Waals surface area (Å²) in [6.07, 6.45) is 3.45. The first kappa shape index (κ1) is 28.3. The molecule has 2 heterocycles. The molecule has 12 heteroatoms. The first-order valence-corrected chi connectivity index (χ1v) is 14.1. The maximum absolute atomic E-state index is 13.5. The number of nitrogens with zero attached hydrogens (tertiary/aromatic N) is 2. The molecule has 1 aliphatic heterocycles. The topological polar surface area (TPSA) is 182 Å². The van der Waals surface area contributed by atoms with Crippen molar-refractivity contribution in [3.8, 4) is 16.9 Å². The van der Waals surface area contributed by atoms with Crippen LogP contribution in [0.15, 0.2) is 71.4 Å². The van der Waals surface area contributed by atoms with E-state index in [1.807, 2.05) is 24.3 Å². The molecule has 0 saturated carbocycles. The molecule has 0 saturated heterocycles. The Kier molecular flexibility index (Phi) is 8.49. The van der Waals surface area contributed by atoms with Gasteiger partial charge in [-0.2, -0.15) is 0 Å². The molecule has 0 aliphatic carbocycles. The smallest absolute Gasteiger partial charge is 0.254 e. The van der Waals surface area contributed by atoms with Gasteiger partial charge in [-0.05, 0) is 60.5 Å². The molecule has 11 nitrogen and oxygen atoms in total. The normalized spacial score (nSPS) is 13.5. The molecule has 2 aromatic carbocycles. The van der Waals surface area contributed by atoms with Gasteiger partial charge in [0.05, 0.1) is 22.8 Å². The fourth-order valence-corrected chi connectivity index (χ4v) is 5.51. The number of aromatic nitrogens is 1. The number of anilines is 1. The van der Waals surface area contributed by atoms with Gasteiger partial charge in [0.15, 0.2) is 9.84 Å². The van der Waals surface area contributed by atoms with Crippen LogP contribution in [0.4, 0.5) is 5.82 Å². The van der Waals surface area contributed by atoms with Crippen molar-refractivity contribution >= 4 is 33.7 Å². The molecular formula is C28H30N6O5S. The summed E-state index contributed by atoms with van der Waals surface area (Å²) >= 11 is 0. The highest BCUT2D eigenvalue weighted by atomic mass is 32.2. The minimum absolute atomic E-state index is 0.0451. The summed E-state index contributed by atoms with van der Waals surface area (Å²) in [5.41, 5.74) is 14.4. The first-order chi connectivity index (χ1) is 19.1. The zero-order chi connectivity index (χ0) is 28.9. The average molecular weight is 563 g/mol. The molecule has 0 radical (unpaired) electrons. The summed E-state index contributed by atoms with van der Waals surface area (Å²) in [7, 11) is -3.74. The molecule has 0 atom stereocenters. The average Bonchev–Trinajstić information content (AvgIpc) is 3.16. The van der Waals surface area contributed by atoms with Crippen molar-refractivity contribution in [3.05, 3.63) is 83.2 Å². The predicted molar refractivity (Wildman–Crippen MR) is 152 cm³/mol. The van der Waals surface area contributed by atoms with Gasteiger partial charge in [-0.15, -0.1) is 0 Å². The van der Waals surface area contributed by atoms with Crippen molar-refractivity contribution in [2.75, 3.05) is 31.2 Å². The SMILES string of the molecule is Cc1cc(S(=O)(=O)CCNC(=O)/C(C=N)=C/N)ccc1C(=O)N1CCOc2ccc(-c3ccc(N)nc3)cc2C1. The highest BCUT2D eigenvalue weighted by Crippen LogP contribution is 2.30. The number of pyridine rings is 1. The van der Waals surface area contributed by atoms with Crippen LogP contribution in [-0.4, -0.2) is 61.8 Å². The van der Waals surface area contributed by atoms with E-state index in [1.165, 1.54) is 18.2 Å². The molecule has 208 valence electrons. The van der Waals surface area contributed by atoms with E-state index < -0.39 is 15.7 Å². The number of amides is 2. The van der Waals surface area contributed by atoms with E-state index in [-0.39, 0.29) is 28.7 Å². The Bertz CT molecular complexity index is 1590. The maximum atomic E-state index is 13.5. The lowest BCUT2D eigenvalue weighted by molar-refractivity contribution is -0.116. The van der Waals surface area contributed by atoms with Crippen LogP contribution < -0.4 is 21.5 Å². The lowest BCUT2D eigenvalue weighted by Crippen LogP contribution is -2.33. The Balaban J connectivity index is 1.48. The maximum Gasteiger partial charge on any atom is 0.254 e. The number of nitrogens with one attached hydrogen (secondary N) is 2. The number of carbonyl (C=O) groups excluding carboxylic acids is 2. The van der Waals surface area contributed by atoms with Crippen molar-refractivity contribution in [2.45, 2.75) is 18.4 Å². The number of nitrogens with two attached hydrogens (primary N) is 2. The van der Waals surface area contributed by atoms with Gasteiger partial charge in [0.2, 0.25) is 0 Å². The summed E-state index contributed by atoms with van der Waals surface area (Å²) < 4.78 is 31.6. The number of sulfone groups is 1. The third-order valence-corrected chi connectivity index (χ3v) is 8.20. The number of benzene rings is 2. The summed E-state index contributed by atoms with van der Waals surface area (Å²) in [6, 6.07) is 13.7. The van der Waals surface area contributed by atoms with Crippen LogP contribution in [0.25, 0.3) is 11.1 Å². The molecule has 1 aliphatic rings. The van der Waals surface area contributed by atoms with Crippen molar-refractivity contribution < 1.29 is 22.7 Å². The van der Waals surface area contributed by atoms with Gasteiger partial charge in [0.25, 0.3) is 11.8 Å². The highest BCUT2D eigenvalue weighted by molar-refractivity contribution is 7.91. The largest absolute Gasteiger partial charge is 0.491 e. The first-order valence-electron chi connectivity index (χ1n) is 12.4. The van der Waals surface area contributed by atoms with E-state index in [4.69, 9.17) is 21.6 Å².